The second-order valence-electron chi connectivity index (χ2n) is 7.74. The molecule has 1 aliphatic heterocycles. The molecule has 1 fully saturated rings. The summed E-state index contributed by atoms with van der Waals surface area (Å²) >= 11 is 0. The topological polar surface area (TPSA) is 106 Å². The lowest BCUT2D eigenvalue weighted by Gasteiger charge is -2.24. The number of carbonyl (C=O) groups excluding carboxylic acids is 3. The largest absolute Gasteiger partial charge is 0.507 e. The summed E-state index contributed by atoms with van der Waals surface area (Å²) in [6.45, 7) is 3.95. The van der Waals surface area contributed by atoms with Crippen molar-refractivity contribution in [3.63, 3.8) is 0 Å². The number of carbonyl (C=O) groups is 3. The predicted molar refractivity (Wildman–Crippen MR) is 126 cm³/mol. The second-order valence-corrected chi connectivity index (χ2v) is 7.74. The predicted octanol–water partition coefficient (Wildman–Crippen LogP) is 4.25. The Morgan fingerprint density at radius 1 is 1.09 bits per heavy atom. The molecule has 1 atom stereocenters. The minimum Gasteiger partial charge on any atom is -0.507 e. The Morgan fingerprint density at radius 2 is 1.77 bits per heavy atom. The van der Waals surface area contributed by atoms with Crippen LogP contribution in [0.5, 0.6) is 5.75 Å². The zero-order valence-corrected chi connectivity index (χ0v) is 19.0. The van der Waals surface area contributed by atoms with Gasteiger partial charge >= 0.3 is 5.97 Å². The summed E-state index contributed by atoms with van der Waals surface area (Å²) in [5, 5.41) is 11.2. The molecule has 0 saturated carbocycles. The van der Waals surface area contributed by atoms with Gasteiger partial charge in [-0.1, -0.05) is 24.8 Å². The van der Waals surface area contributed by atoms with Crippen molar-refractivity contribution in [3.05, 3.63) is 108 Å². The van der Waals surface area contributed by atoms with Gasteiger partial charge in [-0.05, 0) is 54.1 Å². The summed E-state index contributed by atoms with van der Waals surface area (Å²) < 4.78 is 15.6. The minimum absolute atomic E-state index is 0.0199. The number of amides is 1. The number of likely N-dealkylation sites (tertiary alicyclic amines) is 1. The summed E-state index contributed by atoms with van der Waals surface area (Å²) in [7, 11) is 1.28. The third kappa shape index (κ3) is 4.72. The van der Waals surface area contributed by atoms with Crippen LogP contribution in [-0.4, -0.2) is 41.4 Å². The number of benzene rings is 2. The van der Waals surface area contributed by atoms with Gasteiger partial charge in [-0.2, -0.15) is 0 Å². The summed E-state index contributed by atoms with van der Waals surface area (Å²) in [6, 6.07) is 15.3. The molecule has 8 heteroatoms. The van der Waals surface area contributed by atoms with Crippen LogP contribution in [0, 0.1) is 0 Å². The van der Waals surface area contributed by atoms with E-state index in [1.807, 2.05) is 0 Å². The van der Waals surface area contributed by atoms with Gasteiger partial charge < -0.3 is 23.9 Å². The number of hydrogen-bond donors (Lipinski definition) is 1. The van der Waals surface area contributed by atoms with Crippen LogP contribution in [0.3, 0.4) is 0 Å². The third-order valence-electron chi connectivity index (χ3n) is 5.59. The number of ether oxygens (including phenoxy) is 2. The van der Waals surface area contributed by atoms with Crippen LogP contribution < -0.4 is 4.74 Å². The quantitative estimate of drug-likeness (QED) is 0.171. The smallest absolute Gasteiger partial charge is 0.337 e. The van der Waals surface area contributed by atoms with Crippen LogP contribution in [-0.2, 0) is 20.9 Å². The molecule has 1 N–H and O–H groups in total. The van der Waals surface area contributed by atoms with E-state index in [9.17, 15) is 19.5 Å². The Balaban J connectivity index is 1.78. The first-order chi connectivity index (χ1) is 16.9. The molecule has 2 aromatic carbocycles. The lowest BCUT2D eigenvalue weighted by molar-refractivity contribution is -0.140. The summed E-state index contributed by atoms with van der Waals surface area (Å²) in [6.07, 6.45) is 3.09. The molecule has 3 aromatic rings. The highest BCUT2D eigenvalue weighted by Gasteiger charge is 2.46. The van der Waals surface area contributed by atoms with E-state index in [0.717, 1.165) is 0 Å². The molecule has 0 bridgehead atoms. The van der Waals surface area contributed by atoms with Crippen molar-refractivity contribution in [2.24, 2.45) is 0 Å². The molecule has 1 amide bonds. The molecule has 0 aliphatic carbocycles. The number of nitrogens with zero attached hydrogens (tertiary/aromatic N) is 1. The number of rotatable bonds is 8. The fraction of sp³-hybridized carbons (Fsp3) is 0.148. The van der Waals surface area contributed by atoms with E-state index in [-0.39, 0.29) is 17.9 Å². The van der Waals surface area contributed by atoms with Gasteiger partial charge in [-0.3, -0.25) is 9.59 Å². The maximum Gasteiger partial charge on any atom is 0.337 e. The molecule has 0 radical (unpaired) electrons. The van der Waals surface area contributed by atoms with E-state index in [4.69, 9.17) is 13.9 Å². The Hall–Kier alpha value is -4.59. The van der Waals surface area contributed by atoms with Crippen molar-refractivity contribution in [1.82, 2.24) is 4.90 Å². The van der Waals surface area contributed by atoms with Crippen LogP contribution in [0.1, 0.15) is 33.3 Å². The van der Waals surface area contributed by atoms with Gasteiger partial charge in [0.25, 0.3) is 11.7 Å². The van der Waals surface area contributed by atoms with Gasteiger partial charge in [-0.25, -0.2) is 4.79 Å². The van der Waals surface area contributed by atoms with E-state index in [2.05, 4.69) is 6.58 Å². The monoisotopic (exact) mass is 473 g/mol. The number of furan rings is 1. The highest BCUT2D eigenvalue weighted by Crippen LogP contribution is 2.40. The summed E-state index contributed by atoms with van der Waals surface area (Å²) in [4.78, 5) is 39.4. The number of ketones is 1. The van der Waals surface area contributed by atoms with Crippen molar-refractivity contribution in [1.29, 1.82) is 0 Å². The molecule has 0 spiro atoms. The van der Waals surface area contributed by atoms with Crippen molar-refractivity contribution < 1.29 is 33.4 Å². The van der Waals surface area contributed by atoms with E-state index < -0.39 is 23.7 Å². The van der Waals surface area contributed by atoms with Crippen molar-refractivity contribution >= 4 is 23.4 Å². The van der Waals surface area contributed by atoms with Crippen molar-refractivity contribution in [2.45, 2.75) is 12.6 Å². The first-order valence-corrected chi connectivity index (χ1v) is 10.8. The molecular formula is C27H23NO7. The highest BCUT2D eigenvalue weighted by molar-refractivity contribution is 6.46. The van der Waals surface area contributed by atoms with Crippen LogP contribution in [0.25, 0.3) is 5.76 Å². The number of aliphatic hydroxyl groups excluding tert-OH is 1. The zero-order valence-electron chi connectivity index (χ0n) is 19.0. The fourth-order valence-corrected chi connectivity index (χ4v) is 3.90. The molecule has 4 rings (SSSR count). The molecule has 8 nitrogen and oxygen atoms in total. The van der Waals surface area contributed by atoms with Crippen LogP contribution in [0.15, 0.2) is 89.6 Å². The number of esters is 1. The van der Waals surface area contributed by atoms with Gasteiger partial charge in [0.05, 0.1) is 37.1 Å². The third-order valence-corrected chi connectivity index (χ3v) is 5.59. The number of Topliss-reactive ketones (excluding diaryl/α,β-unsaturated/α-hetero) is 1. The average Bonchev–Trinajstić information content (AvgIpc) is 3.49. The SMILES string of the molecule is C=CCOc1ccc(/C(O)=C2\C(=O)C(=O)N(Cc3ccco3)C2c2ccc(C(=O)OC)cc2)cc1. The Bertz CT molecular complexity index is 1270. The molecule has 178 valence electrons. The number of methoxy groups -OCH3 is 1. The van der Waals surface area contributed by atoms with Gasteiger partial charge in [0.1, 0.15) is 23.9 Å². The molecule has 1 unspecified atom stereocenters. The summed E-state index contributed by atoms with van der Waals surface area (Å²) in [5.41, 5.74) is 1.14. The van der Waals surface area contributed by atoms with E-state index in [1.165, 1.54) is 18.3 Å². The highest BCUT2D eigenvalue weighted by atomic mass is 16.5. The van der Waals surface area contributed by atoms with Gasteiger partial charge in [-0.15, -0.1) is 0 Å². The Labute approximate surface area is 201 Å². The molecule has 1 aliphatic rings. The Morgan fingerprint density at radius 3 is 2.37 bits per heavy atom. The van der Waals surface area contributed by atoms with Gasteiger partial charge in [0, 0.05) is 5.56 Å². The van der Waals surface area contributed by atoms with Crippen LogP contribution in [0.2, 0.25) is 0 Å². The molecule has 1 aromatic heterocycles. The Kier molecular flexibility index (Phi) is 6.82. The summed E-state index contributed by atoms with van der Waals surface area (Å²) in [5.74, 6) is -1.37. The van der Waals surface area contributed by atoms with Crippen LogP contribution >= 0.6 is 0 Å². The molecule has 1 saturated heterocycles. The first-order valence-electron chi connectivity index (χ1n) is 10.8. The standard InChI is InChI=1S/C27H23NO7/c1-3-14-34-20-12-10-18(11-13-20)24(29)22-23(17-6-8-19(9-7-17)27(32)33-2)28(26(31)25(22)30)16-21-5-4-15-35-21/h3-13,15,23,29H,1,14,16H2,2H3/b24-22+. The van der Waals surface area contributed by atoms with Crippen molar-refractivity contribution in [2.75, 3.05) is 13.7 Å². The van der Waals surface area contributed by atoms with Crippen molar-refractivity contribution in [3.8, 4) is 5.75 Å². The second kappa shape index (κ2) is 10.1. The lowest BCUT2D eigenvalue weighted by Crippen LogP contribution is -2.29. The fourth-order valence-electron chi connectivity index (χ4n) is 3.90. The normalized spacial score (nSPS) is 16.8. The number of aliphatic hydroxyl groups is 1. The van der Waals surface area contributed by atoms with Gasteiger partial charge in [0.2, 0.25) is 0 Å². The molecule has 2 heterocycles. The van der Waals surface area contributed by atoms with E-state index in [0.29, 0.717) is 34.8 Å². The molecular weight excluding hydrogens is 450 g/mol. The average molecular weight is 473 g/mol. The lowest BCUT2D eigenvalue weighted by atomic mass is 9.94. The van der Waals surface area contributed by atoms with Gasteiger partial charge in [0.15, 0.2) is 0 Å². The maximum atomic E-state index is 13.1. The molecule has 35 heavy (non-hydrogen) atoms. The van der Waals surface area contributed by atoms with E-state index in [1.54, 1.807) is 66.7 Å². The minimum atomic E-state index is -0.900. The first kappa shape index (κ1) is 23.6. The maximum absolute atomic E-state index is 13.1. The number of hydrogen-bond acceptors (Lipinski definition) is 7. The van der Waals surface area contributed by atoms with Crippen LogP contribution in [0.4, 0.5) is 0 Å². The zero-order chi connectivity index (χ0) is 24.9. The van der Waals surface area contributed by atoms with E-state index >= 15 is 0 Å².